The van der Waals surface area contributed by atoms with Gasteiger partial charge in [-0.05, 0) is 24.6 Å². The van der Waals surface area contributed by atoms with E-state index in [0.717, 1.165) is 11.4 Å². The minimum atomic E-state index is 0.611. The first-order valence-corrected chi connectivity index (χ1v) is 4.40. The van der Waals surface area contributed by atoms with Crippen LogP contribution in [0, 0.1) is 6.92 Å². The topological polar surface area (TPSA) is 21.3 Å². The Morgan fingerprint density at radius 1 is 1.50 bits per heavy atom. The standard InChI is InChI=1S/C9H13NOS/c1-7-3-4-9(11-2)8(5-7)10-6-12/h3-5,10,12H,6H2,1-2H3. The third kappa shape index (κ3) is 2.08. The average Bonchev–Trinajstić information content (AvgIpc) is 2.05. The van der Waals surface area contributed by atoms with Crippen molar-refractivity contribution in [3.8, 4) is 5.75 Å². The summed E-state index contributed by atoms with van der Waals surface area (Å²) in [5.74, 6) is 1.47. The smallest absolute Gasteiger partial charge is 0.141 e. The summed E-state index contributed by atoms with van der Waals surface area (Å²) in [5.41, 5.74) is 2.20. The molecule has 0 heterocycles. The second-order valence-electron chi connectivity index (χ2n) is 2.54. The molecule has 0 atom stereocenters. The van der Waals surface area contributed by atoms with Crippen LogP contribution in [0.3, 0.4) is 0 Å². The first kappa shape index (κ1) is 9.26. The van der Waals surface area contributed by atoms with Crippen LogP contribution >= 0.6 is 12.6 Å². The van der Waals surface area contributed by atoms with Crippen LogP contribution in [0.1, 0.15) is 5.56 Å². The van der Waals surface area contributed by atoms with Crippen molar-refractivity contribution in [2.75, 3.05) is 18.3 Å². The summed E-state index contributed by atoms with van der Waals surface area (Å²) < 4.78 is 5.16. The third-order valence-corrected chi connectivity index (χ3v) is 1.78. The molecule has 0 bridgehead atoms. The fourth-order valence-electron chi connectivity index (χ4n) is 1.05. The highest BCUT2D eigenvalue weighted by Gasteiger charge is 1.99. The van der Waals surface area contributed by atoms with Crippen molar-refractivity contribution >= 4 is 18.3 Å². The summed E-state index contributed by atoms with van der Waals surface area (Å²) in [4.78, 5) is 0. The highest BCUT2D eigenvalue weighted by atomic mass is 32.1. The SMILES string of the molecule is COc1ccc(C)cc1NCS. The molecule has 12 heavy (non-hydrogen) atoms. The highest BCUT2D eigenvalue weighted by molar-refractivity contribution is 7.80. The van der Waals surface area contributed by atoms with Gasteiger partial charge >= 0.3 is 0 Å². The Kier molecular flexibility index (Phi) is 3.29. The third-order valence-electron chi connectivity index (χ3n) is 1.62. The Balaban J connectivity index is 2.95. The number of ether oxygens (including phenoxy) is 1. The van der Waals surface area contributed by atoms with Crippen molar-refractivity contribution in [1.29, 1.82) is 0 Å². The zero-order chi connectivity index (χ0) is 8.97. The molecular weight excluding hydrogens is 170 g/mol. The number of anilines is 1. The van der Waals surface area contributed by atoms with E-state index in [-0.39, 0.29) is 0 Å². The van der Waals surface area contributed by atoms with Gasteiger partial charge < -0.3 is 10.1 Å². The van der Waals surface area contributed by atoms with Gasteiger partial charge in [0.2, 0.25) is 0 Å². The summed E-state index contributed by atoms with van der Waals surface area (Å²) in [7, 11) is 1.66. The number of benzene rings is 1. The number of rotatable bonds is 3. The second-order valence-corrected chi connectivity index (χ2v) is 2.85. The van der Waals surface area contributed by atoms with Crippen LogP contribution in [0.25, 0.3) is 0 Å². The summed E-state index contributed by atoms with van der Waals surface area (Å²) in [5, 5.41) is 3.11. The largest absolute Gasteiger partial charge is 0.495 e. The van der Waals surface area contributed by atoms with E-state index in [1.807, 2.05) is 25.1 Å². The molecular formula is C9H13NOS. The molecule has 0 aromatic heterocycles. The molecule has 1 N–H and O–H groups in total. The lowest BCUT2D eigenvalue weighted by Gasteiger charge is -2.09. The number of hydrogen-bond donors (Lipinski definition) is 2. The quantitative estimate of drug-likeness (QED) is 0.554. The molecule has 0 saturated carbocycles. The van der Waals surface area contributed by atoms with E-state index in [0.29, 0.717) is 5.88 Å². The van der Waals surface area contributed by atoms with Gasteiger partial charge in [-0.25, -0.2) is 0 Å². The first-order chi connectivity index (χ1) is 5.77. The number of nitrogens with one attached hydrogen (secondary N) is 1. The molecule has 3 heteroatoms. The number of hydrogen-bond acceptors (Lipinski definition) is 3. The van der Waals surface area contributed by atoms with Crippen molar-refractivity contribution in [2.45, 2.75) is 6.92 Å². The van der Waals surface area contributed by atoms with Gasteiger partial charge in [0.1, 0.15) is 5.75 Å². The van der Waals surface area contributed by atoms with Crippen LogP contribution in [0.15, 0.2) is 18.2 Å². The Morgan fingerprint density at radius 3 is 2.83 bits per heavy atom. The van der Waals surface area contributed by atoms with Crippen molar-refractivity contribution in [2.24, 2.45) is 0 Å². The van der Waals surface area contributed by atoms with Crippen LogP contribution in [-0.4, -0.2) is 13.0 Å². The second kappa shape index (κ2) is 4.26. The molecule has 0 aliphatic carbocycles. The van der Waals surface area contributed by atoms with E-state index in [9.17, 15) is 0 Å². The van der Waals surface area contributed by atoms with Gasteiger partial charge in [0.15, 0.2) is 0 Å². The van der Waals surface area contributed by atoms with E-state index in [4.69, 9.17) is 4.74 Å². The zero-order valence-electron chi connectivity index (χ0n) is 7.29. The van der Waals surface area contributed by atoms with Gasteiger partial charge in [0, 0.05) is 0 Å². The van der Waals surface area contributed by atoms with Crippen molar-refractivity contribution in [3.63, 3.8) is 0 Å². The molecule has 0 amide bonds. The summed E-state index contributed by atoms with van der Waals surface area (Å²) >= 11 is 4.09. The van der Waals surface area contributed by atoms with Crippen molar-refractivity contribution in [3.05, 3.63) is 23.8 Å². The number of methoxy groups -OCH3 is 1. The molecule has 1 aromatic carbocycles. The normalized spacial score (nSPS) is 9.58. The molecule has 66 valence electrons. The van der Waals surface area contributed by atoms with Crippen molar-refractivity contribution < 1.29 is 4.74 Å². The molecule has 1 aromatic rings. The van der Waals surface area contributed by atoms with E-state index in [1.54, 1.807) is 7.11 Å². The molecule has 0 spiro atoms. The average molecular weight is 183 g/mol. The van der Waals surface area contributed by atoms with Crippen LogP contribution in [0.5, 0.6) is 5.75 Å². The van der Waals surface area contributed by atoms with Gasteiger partial charge in [0.25, 0.3) is 0 Å². The van der Waals surface area contributed by atoms with Gasteiger partial charge in [0.05, 0.1) is 18.7 Å². The number of thiol groups is 1. The maximum absolute atomic E-state index is 5.16. The molecule has 2 nitrogen and oxygen atoms in total. The van der Waals surface area contributed by atoms with Gasteiger partial charge in [-0.3, -0.25) is 0 Å². The van der Waals surface area contributed by atoms with E-state index in [2.05, 4.69) is 17.9 Å². The molecule has 1 rings (SSSR count). The Bertz CT molecular complexity index is 263. The van der Waals surface area contributed by atoms with Crippen molar-refractivity contribution in [1.82, 2.24) is 0 Å². The first-order valence-electron chi connectivity index (χ1n) is 3.77. The summed E-state index contributed by atoms with van der Waals surface area (Å²) in [6, 6.07) is 6.00. The van der Waals surface area contributed by atoms with E-state index < -0.39 is 0 Å². The van der Waals surface area contributed by atoms with Crippen LogP contribution in [-0.2, 0) is 0 Å². The maximum Gasteiger partial charge on any atom is 0.141 e. The monoisotopic (exact) mass is 183 g/mol. The lowest BCUT2D eigenvalue weighted by atomic mass is 10.2. The Hall–Kier alpha value is -0.830. The Labute approximate surface area is 78.3 Å². The lowest BCUT2D eigenvalue weighted by molar-refractivity contribution is 0.416. The number of aryl methyl sites for hydroxylation is 1. The van der Waals surface area contributed by atoms with Gasteiger partial charge in [-0.1, -0.05) is 6.07 Å². The lowest BCUT2D eigenvalue weighted by Crippen LogP contribution is -1.97. The predicted octanol–water partition coefficient (Wildman–Crippen LogP) is 2.30. The van der Waals surface area contributed by atoms with E-state index in [1.165, 1.54) is 5.56 Å². The van der Waals surface area contributed by atoms with E-state index >= 15 is 0 Å². The molecule has 0 aliphatic rings. The molecule has 0 unspecified atom stereocenters. The van der Waals surface area contributed by atoms with Gasteiger partial charge in [-0.2, -0.15) is 12.6 Å². The molecule has 0 aliphatic heterocycles. The minimum Gasteiger partial charge on any atom is -0.495 e. The molecule has 0 saturated heterocycles. The fraction of sp³-hybridized carbons (Fsp3) is 0.333. The predicted molar refractivity (Wildman–Crippen MR) is 55.2 cm³/mol. The molecule has 0 radical (unpaired) electrons. The highest BCUT2D eigenvalue weighted by Crippen LogP contribution is 2.24. The van der Waals surface area contributed by atoms with Crippen LogP contribution < -0.4 is 10.1 Å². The van der Waals surface area contributed by atoms with Crippen LogP contribution in [0.4, 0.5) is 5.69 Å². The summed E-state index contributed by atoms with van der Waals surface area (Å²) in [6.07, 6.45) is 0. The Morgan fingerprint density at radius 2 is 2.25 bits per heavy atom. The van der Waals surface area contributed by atoms with Crippen LogP contribution in [0.2, 0.25) is 0 Å². The summed E-state index contributed by atoms with van der Waals surface area (Å²) in [6.45, 7) is 2.04. The zero-order valence-corrected chi connectivity index (χ0v) is 8.19. The fourth-order valence-corrected chi connectivity index (χ4v) is 1.22. The minimum absolute atomic E-state index is 0.611. The van der Waals surface area contributed by atoms with Gasteiger partial charge in [-0.15, -0.1) is 0 Å². The molecule has 0 fully saturated rings. The maximum atomic E-state index is 5.16.